The van der Waals surface area contributed by atoms with Crippen molar-refractivity contribution in [2.75, 3.05) is 0 Å². The normalized spacial score (nSPS) is 11.5. The van der Waals surface area contributed by atoms with Crippen molar-refractivity contribution in [2.45, 2.75) is 6.03 Å². The predicted octanol–water partition coefficient (Wildman–Crippen LogP) is 0.922. The Bertz CT molecular complexity index is 320. The van der Waals surface area contributed by atoms with E-state index in [1.165, 1.54) is 12.1 Å². The van der Waals surface area contributed by atoms with Crippen molar-refractivity contribution in [3.05, 3.63) is 35.9 Å². The summed E-state index contributed by atoms with van der Waals surface area (Å²) < 4.78 is 10.9. The first-order valence-electron chi connectivity index (χ1n) is 3.55. The molecule has 0 amide bonds. The highest BCUT2D eigenvalue weighted by Gasteiger charge is 2.36. The molecule has 0 radical (unpaired) electrons. The van der Waals surface area contributed by atoms with Gasteiger partial charge in [0, 0.05) is 0 Å². The molecule has 1 unspecified atom stereocenters. The van der Waals surface area contributed by atoms with Gasteiger partial charge in [-0.15, -0.1) is 0 Å². The maximum atomic E-state index is 11.2. The van der Waals surface area contributed by atoms with Crippen LogP contribution in [0.4, 0.5) is 0 Å². The van der Waals surface area contributed by atoms with Gasteiger partial charge < -0.3 is 10.2 Å². The van der Waals surface area contributed by atoms with Crippen LogP contribution >= 0.6 is 7.80 Å². The minimum Gasteiger partial charge on any atom is -0.328 e. The molecule has 0 spiro atoms. The molecule has 0 saturated heterocycles. The zero-order chi connectivity index (χ0) is 9.84. The third-order valence-corrected chi connectivity index (χ3v) is 2.51. The number of benzene rings is 1. The first kappa shape index (κ1) is 9.99. The van der Waals surface area contributed by atoms with Gasteiger partial charge in [0.1, 0.15) is 0 Å². The van der Waals surface area contributed by atoms with E-state index in [-0.39, 0.29) is 5.56 Å². The Kier molecular flexibility index (Phi) is 3.25. The second kappa shape index (κ2) is 4.23. The van der Waals surface area contributed by atoms with E-state index >= 15 is 0 Å². The molecule has 0 aliphatic carbocycles. The minimum atomic E-state index is -2.65. The lowest BCUT2D eigenvalue weighted by Gasteiger charge is -1.90. The first-order valence-corrected chi connectivity index (χ1v) is 4.87. The van der Waals surface area contributed by atoms with Gasteiger partial charge >= 0.3 is 19.4 Å². The maximum absolute atomic E-state index is 11.2. The van der Waals surface area contributed by atoms with Crippen molar-refractivity contribution in [1.29, 1.82) is 0 Å². The Morgan fingerprint density at radius 2 is 1.77 bits per heavy atom. The number of hydrogen-bond donors (Lipinski definition) is 2. The van der Waals surface area contributed by atoms with Gasteiger partial charge in [-0.05, 0) is 12.1 Å². The summed E-state index contributed by atoms with van der Waals surface area (Å²) in [6.07, 6.45) is 0. The molecule has 5 heteroatoms. The molecule has 1 rings (SSSR count). The standard InChI is InChI=1S/C8H8O4P/c9-7(13(12)8(10)11)6-4-2-1-3-5-6/h1-5,8,10-11H/q+1. The molecule has 0 aliphatic rings. The van der Waals surface area contributed by atoms with E-state index in [4.69, 9.17) is 10.2 Å². The summed E-state index contributed by atoms with van der Waals surface area (Å²) >= 11 is 0. The summed E-state index contributed by atoms with van der Waals surface area (Å²) in [5.41, 5.74) is -0.526. The third-order valence-electron chi connectivity index (χ3n) is 1.43. The van der Waals surface area contributed by atoms with Crippen LogP contribution in [0.3, 0.4) is 0 Å². The Morgan fingerprint density at radius 3 is 2.23 bits per heavy atom. The second-order valence-corrected chi connectivity index (χ2v) is 3.86. The van der Waals surface area contributed by atoms with Crippen LogP contribution in [0, 0.1) is 0 Å². The minimum absolute atomic E-state index is 0.219. The highest BCUT2D eigenvalue weighted by atomic mass is 31.1. The summed E-state index contributed by atoms with van der Waals surface area (Å²) in [4.78, 5) is 11.2. The molecule has 0 fully saturated rings. The van der Waals surface area contributed by atoms with Gasteiger partial charge in [0.25, 0.3) is 0 Å². The quantitative estimate of drug-likeness (QED) is 0.560. The van der Waals surface area contributed by atoms with E-state index in [0.29, 0.717) is 0 Å². The van der Waals surface area contributed by atoms with Gasteiger partial charge in [-0.25, -0.2) is 4.79 Å². The molecular formula is C8H8O4P+. The van der Waals surface area contributed by atoms with Gasteiger partial charge in [-0.3, -0.25) is 0 Å². The molecule has 0 heterocycles. The molecule has 1 aromatic carbocycles. The van der Waals surface area contributed by atoms with Crippen LogP contribution in [0.25, 0.3) is 0 Å². The van der Waals surface area contributed by atoms with Crippen molar-refractivity contribution < 1.29 is 19.6 Å². The van der Waals surface area contributed by atoms with Crippen LogP contribution in [0.2, 0.25) is 0 Å². The fourth-order valence-corrected chi connectivity index (χ4v) is 1.43. The number of aliphatic hydroxyl groups is 2. The fourth-order valence-electron chi connectivity index (χ4n) is 0.813. The number of carbonyl (C=O) groups excluding carboxylic acids is 1. The van der Waals surface area contributed by atoms with Gasteiger partial charge in [0.05, 0.1) is 5.56 Å². The Morgan fingerprint density at radius 1 is 1.23 bits per heavy atom. The molecule has 0 saturated carbocycles. The van der Waals surface area contributed by atoms with E-state index in [1.54, 1.807) is 18.2 Å². The molecule has 1 atom stereocenters. The fraction of sp³-hybridized carbons (Fsp3) is 0.125. The molecule has 0 bridgehead atoms. The van der Waals surface area contributed by atoms with Gasteiger partial charge in [0.2, 0.25) is 0 Å². The van der Waals surface area contributed by atoms with Crippen LogP contribution in [0.1, 0.15) is 10.4 Å². The molecular weight excluding hydrogens is 191 g/mol. The van der Waals surface area contributed by atoms with Crippen LogP contribution in [0.5, 0.6) is 0 Å². The number of hydrogen-bond acceptors (Lipinski definition) is 4. The van der Waals surface area contributed by atoms with Crippen molar-refractivity contribution in [3.63, 3.8) is 0 Å². The number of rotatable bonds is 3. The lowest BCUT2D eigenvalue weighted by Crippen LogP contribution is -2.04. The SMILES string of the molecule is O=C(c1ccccc1)[P+](=O)C(O)O. The van der Waals surface area contributed by atoms with Crippen LogP contribution in [0.15, 0.2) is 30.3 Å². The summed E-state index contributed by atoms with van der Waals surface area (Å²) in [5, 5.41) is 17.0. The van der Waals surface area contributed by atoms with E-state index in [2.05, 4.69) is 0 Å². The topological polar surface area (TPSA) is 74.6 Å². The van der Waals surface area contributed by atoms with E-state index in [0.717, 1.165) is 0 Å². The zero-order valence-electron chi connectivity index (χ0n) is 6.62. The molecule has 0 aliphatic heterocycles. The molecule has 2 N–H and O–H groups in total. The number of carbonyl (C=O) groups is 1. The lowest BCUT2D eigenvalue weighted by molar-refractivity contribution is 0.0319. The van der Waals surface area contributed by atoms with E-state index in [1.807, 2.05) is 0 Å². The zero-order valence-corrected chi connectivity index (χ0v) is 7.52. The summed E-state index contributed by atoms with van der Waals surface area (Å²) in [7, 11) is -2.65. The Balaban J connectivity index is 2.87. The monoisotopic (exact) mass is 199 g/mol. The molecule has 0 aromatic heterocycles. The highest BCUT2D eigenvalue weighted by Crippen LogP contribution is 2.29. The van der Waals surface area contributed by atoms with Crippen molar-refractivity contribution in [3.8, 4) is 0 Å². The molecule has 4 nitrogen and oxygen atoms in total. The van der Waals surface area contributed by atoms with Crippen molar-refractivity contribution >= 4 is 13.3 Å². The third kappa shape index (κ3) is 2.42. The predicted molar refractivity (Wildman–Crippen MR) is 46.6 cm³/mol. The smallest absolute Gasteiger partial charge is 0.328 e. The Hall–Kier alpha value is -1.09. The second-order valence-electron chi connectivity index (χ2n) is 2.34. The summed E-state index contributed by atoms with van der Waals surface area (Å²) in [5.74, 6) is 0. The van der Waals surface area contributed by atoms with Crippen LogP contribution in [-0.2, 0) is 4.57 Å². The first-order chi connectivity index (χ1) is 6.13. The summed E-state index contributed by atoms with van der Waals surface area (Å²) in [6, 6.07) is 5.79. The summed E-state index contributed by atoms with van der Waals surface area (Å²) in [6.45, 7) is 0. The number of aliphatic hydroxyl groups excluding tert-OH is 1. The van der Waals surface area contributed by atoms with Crippen LogP contribution in [-0.4, -0.2) is 21.8 Å². The lowest BCUT2D eigenvalue weighted by atomic mass is 10.2. The molecule has 68 valence electrons. The van der Waals surface area contributed by atoms with Gasteiger partial charge in [-0.2, -0.15) is 0 Å². The van der Waals surface area contributed by atoms with Crippen LogP contribution < -0.4 is 0 Å². The van der Waals surface area contributed by atoms with E-state index in [9.17, 15) is 9.36 Å². The maximum Gasteiger partial charge on any atom is 0.482 e. The average Bonchev–Trinajstić information content (AvgIpc) is 2.17. The molecule has 1 aromatic rings. The largest absolute Gasteiger partial charge is 0.482 e. The van der Waals surface area contributed by atoms with Crippen molar-refractivity contribution in [2.24, 2.45) is 0 Å². The Labute approximate surface area is 75.6 Å². The highest BCUT2D eigenvalue weighted by molar-refractivity contribution is 7.64. The average molecular weight is 199 g/mol. The molecule has 13 heavy (non-hydrogen) atoms. The van der Waals surface area contributed by atoms with Gasteiger partial charge in [-0.1, -0.05) is 22.8 Å². The van der Waals surface area contributed by atoms with Crippen molar-refractivity contribution in [1.82, 2.24) is 0 Å². The van der Waals surface area contributed by atoms with E-state index < -0.39 is 19.4 Å². The van der Waals surface area contributed by atoms with Gasteiger partial charge in [0.15, 0.2) is 0 Å².